The lowest BCUT2D eigenvalue weighted by atomic mass is 9.78. The van der Waals surface area contributed by atoms with E-state index in [0.717, 1.165) is 5.46 Å². The van der Waals surface area contributed by atoms with Gasteiger partial charge in [0.25, 0.3) is 0 Å². The second kappa shape index (κ2) is 11.3. The Morgan fingerprint density at radius 3 is 1.71 bits per heavy atom. The molecule has 4 aromatic carbocycles. The maximum absolute atomic E-state index is 6.20. The highest BCUT2D eigenvalue weighted by molar-refractivity contribution is 6.62. The molecule has 0 radical (unpaired) electrons. The summed E-state index contributed by atoms with van der Waals surface area (Å²) in [5.41, 5.74) is 9.45. The molecule has 0 bridgehead atoms. The van der Waals surface area contributed by atoms with E-state index in [-0.39, 0.29) is 18.3 Å². The summed E-state index contributed by atoms with van der Waals surface area (Å²) in [6.07, 6.45) is 0. The summed E-state index contributed by atoms with van der Waals surface area (Å²) in [5, 5.41) is 0. The van der Waals surface area contributed by atoms with Crippen LogP contribution in [0.2, 0.25) is 0 Å². The molecule has 0 saturated carbocycles. The van der Waals surface area contributed by atoms with Crippen molar-refractivity contribution in [2.24, 2.45) is 0 Å². The molecule has 3 heteroatoms. The topological polar surface area (TPSA) is 18.5 Å². The molecule has 4 aromatic rings. The van der Waals surface area contributed by atoms with Crippen LogP contribution in [0.25, 0.3) is 22.3 Å². The molecular formula is C35H41BO2. The number of aryl methyl sites for hydroxylation is 2. The van der Waals surface area contributed by atoms with E-state index < -0.39 is 0 Å². The van der Waals surface area contributed by atoms with Crippen molar-refractivity contribution in [1.29, 1.82) is 0 Å². The van der Waals surface area contributed by atoms with Crippen LogP contribution >= 0.6 is 0 Å². The van der Waals surface area contributed by atoms with Crippen LogP contribution in [0.3, 0.4) is 0 Å². The Morgan fingerprint density at radius 1 is 0.605 bits per heavy atom. The zero-order chi connectivity index (χ0) is 27.5. The van der Waals surface area contributed by atoms with E-state index in [1.807, 2.05) is 18.2 Å². The van der Waals surface area contributed by atoms with Gasteiger partial charge in [0.05, 0.1) is 11.2 Å². The van der Waals surface area contributed by atoms with Crippen LogP contribution in [0, 0.1) is 13.8 Å². The Bertz CT molecular complexity index is 1340. The molecule has 5 rings (SSSR count). The summed E-state index contributed by atoms with van der Waals surface area (Å²) in [4.78, 5) is 0. The predicted octanol–water partition coefficient (Wildman–Crippen LogP) is 8.75. The van der Waals surface area contributed by atoms with Gasteiger partial charge in [0.15, 0.2) is 0 Å². The second-order valence-corrected chi connectivity index (χ2v) is 11.6. The molecule has 2 nitrogen and oxygen atoms in total. The average Bonchev–Trinajstić information content (AvgIpc) is 3.12. The molecule has 0 unspecified atom stereocenters. The molecule has 0 aromatic heterocycles. The van der Waals surface area contributed by atoms with Crippen LogP contribution in [0.1, 0.15) is 64.2 Å². The summed E-state index contributed by atoms with van der Waals surface area (Å²) in [5.74, 6) is 0.485. The smallest absolute Gasteiger partial charge is 0.399 e. The molecule has 38 heavy (non-hydrogen) atoms. The van der Waals surface area contributed by atoms with E-state index in [1.54, 1.807) is 0 Å². The van der Waals surface area contributed by atoms with Crippen molar-refractivity contribution >= 4 is 12.6 Å². The van der Waals surface area contributed by atoms with E-state index in [2.05, 4.69) is 134 Å². The van der Waals surface area contributed by atoms with Crippen molar-refractivity contribution in [2.75, 3.05) is 0 Å². The summed E-state index contributed by atoms with van der Waals surface area (Å²) < 4.78 is 12.4. The first-order valence-corrected chi connectivity index (χ1v) is 13.7. The van der Waals surface area contributed by atoms with Gasteiger partial charge in [-0.05, 0) is 92.4 Å². The fraction of sp³-hybridized carbons (Fsp3) is 0.314. The van der Waals surface area contributed by atoms with E-state index in [4.69, 9.17) is 9.31 Å². The third-order valence-electron chi connectivity index (χ3n) is 7.82. The van der Waals surface area contributed by atoms with Gasteiger partial charge in [0, 0.05) is 0 Å². The first-order chi connectivity index (χ1) is 18.0. The zero-order valence-electron chi connectivity index (χ0n) is 24.2. The van der Waals surface area contributed by atoms with E-state index >= 15 is 0 Å². The molecule has 1 aliphatic rings. The number of benzene rings is 4. The second-order valence-electron chi connectivity index (χ2n) is 11.6. The summed E-state index contributed by atoms with van der Waals surface area (Å²) in [6, 6.07) is 34.3. The van der Waals surface area contributed by atoms with Crippen LogP contribution in [0.15, 0.2) is 97.1 Å². The van der Waals surface area contributed by atoms with Crippen LogP contribution < -0.4 is 5.46 Å². The lowest BCUT2D eigenvalue weighted by Gasteiger charge is -2.32. The van der Waals surface area contributed by atoms with Gasteiger partial charge in [0.1, 0.15) is 0 Å². The lowest BCUT2D eigenvalue weighted by molar-refractivity contribution is 0.00578. The van der Waals surface area contributed by atoms with Crippen molar-refractivity contribution in [3.63, 3.8) is 0 Å². The monoisotopic (exact) mass is 504 g/mol. The third kappa shape index (κ3) is 6.12. The molecule has 0 aliphatic carbocycles. The zero-order valence-corrected chi connectivity index (χ0v) is 24.2. The predicted molar refractivity (Wildman–Crippen MR) is 163 cm³/mol. The Hall–Kier alpha value is -3.14. The van der Waals surface area contributed by atoms with Crippen molar-refractivity contribution in [3.8, 4) is 22.3 Å². The standard InChI is InChI=1S/C28H33BO2.C7H8/c1-19(2)24-10-8-9-11-25(24)26-18-22(13-12-20(26)3)21-14-16-23(17-15-21)29-30-27(4,5)28(6,7)31-29;1-7-5-3-2-4-6-7/h8-19H,1-7H3;2-6H,1H3. The Morgan fingerprint density at radius 2 is 1.16 bits per heavy atom. The molecule has 0 amide bonds. The molecule has 1 heterocycles. The first kappa shape index (κ1) is 27.9. The Labute approximate surface area is 230 Å². The minimum absolute atomic E-state index is 0.327. The molecule has 1 fully saturated rings. The van der Waals surface area contributed by atoms with Crippen LogP contribution in [-0.4, -0.2) is 18.3 Å². The average molecular weight is 505 g/mol. The molecule has 1 aliphatic heterocycles. The highest BCUT2D eigenvalue weighted by Gasteiger charge is 2.51. The molecule has 1 saturated heterocycles. The van der Waals surface area contributed by atoms with Gasteiger partial charge in [-0.25, -0.2) is 0 Å². The van der Waals surface area contributed by atoms with Gasteiger partial charge < -0.3 is 9.31 Å². The largest absolute Gasteiger partial charge is 0.494 e. The molecule has 0 atom stereocenters. The Balaban J connectivity index is 0.000000417. The van der Waals surface area contributed by atoms with Crippen molar-refractivity contribution in [1.82, 2.24) is 0 Å². The number of rotatable bonds is 4. The van der Waals surface area contributed by atoms with E-state index in [9.17, 15) is 0 Å². The van der Waals surface area contributed by atoms with Crippen molar-refractivity contribution < 1.29 is 9.31 Å². The lowest BCUT2D eigenvalue weighted by Crippen LogP contribution is -2.41. The summed E-state index contributed by atoms with van der Waals surface area (Å²) in [6.45, 7) is 17.1. The van der Waals surface area contributed by atoms with Gasteiger partial charge in [-0.15, -0.1) is 0 Å². The van der Waals surface area contributed by atoms with Gasteiger partial charge >= 0.3 is 7.12 Å². The fourth-order valence-corrected chi connectivity index (χ4v) is 4.68. The normalized spacial score (nSPS) is 15.8. The minimum atomic E-state index is -0.328. The van der Waals surface area contributed by atoms with Gasteiger partial charge in [-0.2, -0.15) is 0 Å². The van der Waals surface area contributed by atoms with Gasteiger partial charge in [-0.1, -0.05) is 110 Å². The van der Waals surface area contributed by atoms with E-state index in [0.29, 0.717) is 5.92 Å². The fourth-order valence-electron chi connectivity index (χ4n) is 4.68. The number of hydrogen-bond donors (Lipinski definition) is 0. The molecule has 0 spiro atoms. The van der Waals surface area contributed by atoms with Gasteiger partial charge in [-0.3, -0.25) is 0 Å². The highest BCUT2D eigenvalue weighted by Crippen LogP contribution is 2.37. The van der Waals surface area contributed by atoms with E-state index in [1.165, 1.54) is 38.9 Å². The van der Waals surface area contributed by atoms with Gasteiger partial charge in [0.2, 0.25) is 0 Å². The SMILES string of the molecule is Cc1ccc(-c2ccc(B3OC(C)(C)C(C)(C)O3)cc2)cc1-c1ccccc1C(C)C.Cc1ccccc1. The Kier molecular flexibility index (Phi) is 8.30. The highest BCUT2D eigenvalue weighted by atomic mass is 16.7. The molecule has 0 N–H and O–H groups in total. The third-order valence-corrected chi connectivity index (χ3v) is 7.82. The van der Waals surface area contributed by atoms with Crippen molar-refractivity contribution in [3.05, 3.63) is 114 Å². The van der Waals surface area contributed by atoms with Crippen LogP contribution in [0.4, 0.5) is 0 Å². The maximum atomic E-state index is 6.20. The quantitative estimate of drug-likeness (QED) is 0.259. The summed E-state index contributed by atoms with van der Waals surface area (Å²) in [7, 11) is -0.328. The minimum Gasteiger partial charge on any atom is -0.399 e. The van der Waals surface area contributed by atoms with Crippen molar-refractivity contribution in [2.45, 2.75) is 72.5 Å². The van der Waals surface area contributed by atoms with Crippen LogP contribution in [-0.2, 0) is 9.31 Å². The van der Waals surface area contributed by atoms with Crippen LogP contribution in [0.5, 0.6) is 0 Å². The first-order valence-electron chi connectivity index (χ1n) is 13.7. The maximum Gasteiger partial charge on any atom is 0.494 e. The molecule has 196 valence electrons. The molecular weight excluding hydrogens is 463 g/mol. The summed E-state index contributed by atoms with van der Waals surface area (Å²) >= 11 is 0. The number of hydrogen-bond acceptors (Lipinski definition) is 2.